The standard InChI is InChI=1S/C21H29FN2O4/c1-20(2,3)18-23(7)17(26)16(24(18)19(27)28-21(4,5)6)11-14-10-13(12-25)8-9-15(14)22/h8-10,12,16,18H,11H2,1-7H3/t16-,18-/m0/s1/i22-1. The van der Waals surface area contributed by atoms with Crippen LogP contribution in [0.15, 0.2) is 18.2 Å². The summed E-state index contributed by atoms with van der Waals surface area (Å²) in [6.07, 6.45) is -0.586. The lowest BCUT2D eigenvalue weighted by Crippen LogP contribution is -2.52. The molecule has 1 aromatic carbocycles. The van der Waals surface area contributed by atoms with Gasteiger partial charge in [-0.15, -0.1) is 0 Å². The SMILES string of the molecule is CN1C(=O)[C@H](Cc2cc(C=O)ccc2[18F])N(C(=O)OC(C)(C)C)[C@H]1C(C)(C)C. The molecule has 2 amide bonds. The highest BCUT2D eigenvalue weighted by atomic mass is 18.2. The molecule has 0 unspecified atom stereocenters. The summed E-state index contributed by atoms with van der Waals surface area (Å²) in [4.78, 5) is 40.0. The minimum Gasteiger partial charge on any atom is -0.444 e. The Morgan fingerprint density at radius 2 is 1.82 bits per heavy atom. The van der Waals surface area contributed by atoms with Crippen LogP contribution in [0.5, 0.6) is 0 Å². The van der Waals surface area contributed by atoms with Crippen LogP contribution in [-0.2, 0) is 16.0 Å². The highest BCUT2D eigenvalue weighted by molar-refractivity contribution is 5.90. The van der Waals surface area contributed by atoms with E-state index in [2.05, 4.69) is 0 Å². The van der Waals surface area contributed by atoms with E-state index in [4.69, 9.17) is 4.74 Å². The highest BCUT2D eigenvalue weighted by Crippen LogP contribution is 2.36. The van der Waals surface area contributed by atoms with Crippen molar-refractivity contribution in [3.8, 4) is 0 Å². The molecule has 1 aliphatic rings. The van der Waals surface area contributed by atoms with Crippen LogP contribution in [0.25, 0.3) is 0 Å². The Balaban J connectivity index is 2.48. The summed E-state index contributed by atoms with van der Waals surface area (Å²) >= 11 is 0. The van der Waals surface area contributed by atoms with Gasteiger partial charge in [-0.3, -0.25) is 14.5 Å². The summed E-state index contributed by atoms with van der Waals surface area (Å²) in [5.41, 5.74) is -0.665. The number of likely N-dealkylation sites (N-methyl/N-ethyl adjacent to an activating group) is 1. The number of aldehydes is 1. The third-order valence-electron chi connectivity index (χ3n) is 4.60. The lowest BCUT2D eigenvalue weighted by atomic mass is 9.91. The first-order chi connectivity index (χ1) is 12.8. The van der Waals surface area contributed by atoms with Crippen LogP contribution in [0.4, 0.5) is 9.18 Å². The third kappa shape index (κ3) is 4.51. The molecule has 2 rings (SSSR count). The Labute approximate surface area is 165 Å². The van der Waals surface area contributed by atoms with Gasteiger partial charge >= 0.3 is 6.09 Å². The Bertz CT molecular complexity index is 780. The van der Waals surface area contributed by atoms with Gasteiger partial charge in [0.25, 0.3) is 0 Å². The van der Waals surface area contributed by atoms with Crippen molar-refractivity contribution in [2.45, 2.75) is 65.8 Å². The van der Waals surface area contributed by atoms with Crippen molar-refractivity contribution in [2.24, 2.45) is 5.41 Å². The second-order valence-corrected chi connectivity index (χ2v) is 9.27. The van der Waals surface area contributed by atoms with E-state index in [1.807, 2.05) is 20.8 Å². The summed E-state index contributed by atoms with van der Waals surface area (Å²) < 4.78 is 19.9. The normalized spacial score (nSPS) is 20.5. The predicted molar refractivity (Wildman–Crippen MR) is 103 cm³/mol. The third-order valence-corrected chi connectivity index (χ3v) is 4.60. The number of amides is 2. The average Bonchev–Trinajstić information content (AvgIpc) is 2.80. The molecule has 0 radical (unpaired) electrons. The zero-order chi connectivity index (χ0) is 21.4. The summed E-state index contributed by atoms with van der Waals surface area (Å²) in [5, 5.41) is 0. The molecule has 6 nitrogen and oxygen atoms in total. The first-order valence-electron chi connectivity index (χ1n) is 9.28. The van der Waals surface area contributed by atoms with Gasteiger partial charge in [-0.05, 0) is 44.5 Å². The van der Waals surface area contributed by atoms with E-state index >= 15 is 0 Å². The van der Waals surface area contributed by atoms with Gasteiger partial charge < -0.3 is 9.64 Å². The van der Waals surface area contributed by atoms with E-state index < -0.39 is 35.1 Å². The number of halogens is 1. The zero-order valence-electron chi connectivity index (χ0n) is 17.6. The van der Waals surface area contributed by atoms with Gasteiger partial charge in [0, 0.05) is 24.4 Å². The van der Waals surface area contributed by atoms with Crippen LogP contribution in [0.3, 0.4) is 0 Å². The van der Waals surface area contributed by atoms with Gasteiger partial charge in [0.1, 0.15) is 29.9 Å². The maximum absolute atomic E-state index is 14.3. The molecule has 0 aromatic heterocycles. The molecular weight excluding hydrogens is 362 g/mol. The fourth-order valence-electron chi connectivity index (χ4n) is 3.59. The van der Waals surface area contributed by atoms with Crippen molar-refractivity contribution in [1.82, 2.24) is 9.80 Å². The number of carbonyl (C=O) groups excluding carboxylic acids is 3. The molecule has 1 heterocycles. The predicted octanol–water partition coefficient (Wildman–Crippen LogP) is 3.63. The fourth-order valence-corrected chi connectivity index (χ4v) is 3.59. The number of carbonyl (C=O) groups is 3. The Morgan fingerprint density at radius 3 is 2.32 bits per heavy atom. The summed E-state index contributed by atoms with van der Waals surface area (Å²) in [7, 11) is 1.63. The Kier molecular flexibility index (Phi) is 5.87. The molecule has 0 saturated carbocycles. The molecule has 1 saturated heterocycles. The summed E-state index contributed by atoms with van der Waals surface area (Å²) in [5.74, 6) is -0.814. The zero-order valence-corrected chi connectivity index (χ0v) is 17.6. The van der Waals surface area contributed by atoms with E-state index in [1.165, 1.54) is 28.0 Å². The lowest BCUT2D eigenvalue weighted by Gasteiger charge is -2.39. The van der Waals surface area contributed by atoms with Crippen LogP contribution in [-0.4, -0.2) is 52.9 Å². The van der Waals surface area contributed by atoms with E-state index in [1.54, 1.807) is 27.8 Å². The summed E-state index contributed by atoms with van der Waals surface area (Å²) in [6, 6.07) is 3.06. The molecule has 0 spiro atoms. The second-order valence-electron chi connectivity index (χ2n) is 9.27. The van der Waals surface area contributed by atoms with Crippen molar-refractivity contribution >= 4 is 18.3 Å². The van der Waals surface area contributed by atoms with Gasteiger partial charge in [0.05, 0.1) is 0 Å². The van der Waals surface area contributed by atoms with Gasteiger partial charge in [0.15, 0.2) is 0 Å². The van der Waals surface area contributed by atoms with Crippen molar-refractivity contribution in [3.63, 3.8) is 0 Å². The van der Waals surface area contributed by atoms with Crippen LogP contribution in [0.1, 0.15) is 57.5 Å². The van der Waals surface area contributed by atoms with Crippen LogP contribution >= 0.6 is 0 Å². The minimum absolute atomic E-state index is 0.0392. The van der Waals surface area contributed by atoms with Crippen molar-refractivity contribution < 1.29 is 23.5 Å². The largest absolute Gasteiger partial charge is 0.444 e. The van der Waals surface area contributed by atoms with Crippen molar-refractivity contribution in [3.05, 3.63) is 35.1 Å². The molecular formula is C21H29FN2O4. The Hall–Kier alpha value is -2.44. The molecule has 7 heteroatoms. The average molecular weight is 391 g/mol. The van der Waals surface area contributed by atoms with Crippen LogP contribution in [0.2, 0.25) is 0 Å². The molecule has 154 valence electrons. The molecule has 28 heavy (non-hydrogen) atoms. The van der Waals surface area contributed by atoms with E-state index in [-0.39, 0.29) is 17.9 Å². The maximum atomic E-state index is 14.3. The molecule has 1 aromatic rings. The Morgan fingerprint density at radius 1 is 1.21 bits per heavy atom. The van der Waals surface area contributed by atoms with Gasteiger partial charge in [-0.25, -0.2) is 9.18 Å². The second kappa shape index (κ2) is 7.53. The van der Waals surface area contributed by atoms with Crippen LogP contribution in [0, 0.1) is 11.2 Å². The van der Waals surface area contributed by atoms with Gasteiger partial charge in [-0.1, -0.05) is 20.8 Å². The highest BCUT2D eigenvalue weighted by Gasteiger charge is 2.52. The molecule has 0 bridgehead atoms. The topological polar surface area (TPSA) is 66.9 Å². The van der Waals surface area contributed by atoms with Gasteiger partial charge in [0.2, 0.25) is 5.91 Å². The quantitative estimate of drug-likeness (QED) is 0.738. The number of hydrogen-bond acceptors (Lipinski definition) is 4. The first kappa shape index (κ1) is 21.9. The minimum atomic E-state index is -0.916. The number of benzene rings is 1. The van der Waals surface area contributed by atoms with Gasteiger partial charge in [-0.2, -0.15) is 0 Å². The smallest absolute Gasteiger partial charge is 0.412 e. The van der Waals surface area contributed by atoms with E-state index in [0.29, 0.717) is 11.8 Å². The summed E-state index contributed by atoms with van der Waals surface area (Å²) in [6.45, 7) is 11.0. The molecule has 1 fully saturated rings. The number of ether oxygens (including phenoxy) is 1. The number of rotatable bonds is 3. The number of nitrogens with zero attached hydrogens (tertiary/aromatic N) is 2. The molecule has 0 N–H and O–H groups in total. The first-order valence-corrected chi connectivity index (χ1v) is 9.28. The van der Waals surface area contributed by atoms with E-state index in [0.717, 1.165) is 0 Å². The fraction of sp³-hybridized carbons (Fsp3) is 0.571. The molecule has 1 aliphatic heterocycles. The monoisotopic (exact) mass is 391 g/mol. The molecule has 0 aliphatic carbocycles. The molecule has 2 atom stereocenters. The van der Waals surface area contributed by atoms with E-state index in [9.17, 15) is 18.8 Å². The van der Waals surface area contributed by atoms with Crippen molar-refractivity contribution in [1.29, 1.82) is 0 Å². The number of hydrogen-bond donors (Lipinski definition) is 0. The van der Waals surface area contributed by atoms with Crippen LogP contribution < -0.4 is 0 Å². The van der Waals surface area contributed by atoms with Crippen molar-refractivity contribution in [2.75, 3.05) is 7.05 Å². The lowest BCUT2D eigenvalue weighted by molar-refractivity contribution is -0.129. The maximum Gasteiger partial charge on any atom is 0.412 e.